The van der Waals surface area contributed by atoms with Crippen molar-refractivity contribution in [3.05, 3.63) is 11.8 Å². The van der Waals surface area contributed by atoms with Crippen molar-refractivity contribution in [3.63, 3.8) is 0 Å². The maximum absolute atomic E-state index is 5.37. The van der Waals surface area contributed by atoms with Gasteiger partial charge in [-0.05, 0) is 13.0 Å². The molecule has 0 saturated heterocycles. The highest BCUT2D eigenvalue weighted by Gasteiger charge is 1.96. The Morgan fingerprint density at radius 1 is 1.86 bits per heavy atom. The van der Waals surface area contributed by atoms with E-state index in [1.54, 1.807) is 0 Å². The molecule has 0 fully saturated rings. The van der Waals surface area contributed by atoms with Crippen LogP contribution in [0.5, 0.6) is 0 Å². The second-order valence-corrected chi connectivity index (χ2v) is 1.68. The Morgan fingerprint density at radius 2 is 2.57 bits per heavy atom. The minimum absolute atomic E-state index is 0.700. The molecule has 0 aromatic heterocycles. The molecule has 0 spiro atoms. The lowest BCUT2D eigenvalue weighted by Gasteiger charge is -1.79. The topological polar surface area (TPSA) is 38.4 Å². The summed E-state index contributed by atoms with van der Waals surface area (Å²) in [4.78, 5) is 4.02. The van der Waals surface area contributed by atoms with Gasteiger partial charge in [-0.15, -0.1) is 0 Å². The van der Waals surface area contributed by atoms with Gasteiger partial charge in [0.05, 0.1) is 6.54 Å². The Kier molecular flexibility index (Phi) is 0.855. The third kappa shape index (κ3) is 0.796. The lowest BCUT2D eigenvalue weighted by atomic mass is 10.4. The van der Waals surface area contributed by atoms with Crippen LogP contribution in [0.2, 0.25) is 0 Å². The fourth-order valence-electron chi connectivity index (χ4n) is 0.576. The maximum atomic E-state index is 5.37. The number of allylic oxidation sites excluding steroid dienone is 1. The fraction of sp³-hybridized carbons (Fsp3) is 0.400. The van der Waals surface area contributed by atoms with E-state index < -0.39 is 0 Å². The van der Waals surface area contributed by atoms with Crippen molar-refractivity contribution in [2.24, 2.45) is 10.7 Å². The highest BCUT2D eigenvalue weighted by atomic mass is 14.8. The highest BCUT2D eigenvalue weighted by molar-refractivity contribution is 5.95. The number of nitrogens with zero attached hydrogens (tertiary/aromatic N) is 1. The standard InChI is InChI=1S/C5H8N2/c1-4-2-5(6)3-7-4/h2H,3,6H2,1H3. The van der Waals surface area contributed by atoms with Gasteiger partial charge in [0.2, 0.25) is 0 Å². The predicted octanol–water partition coefficient (Wildman–Crippen LogP) is 0.304. The van der Waals surface area contributed by atoms with Crippen LogP contribution in [-0.2, 0) is 0 Å². The SMILES string of the molecule is CC1=NCC(N)=C1. The average molecular weight is 96.1 g/mol. The van der Waals surface area contributed by atoms with Crippen LogP contribution >= 0.6 is 0 Å². The molecular formula is C5H8N2. The molecular weight excluding hydrogens is 88.1 g/mol. The van der Waals surface area contributed by atoms with Crippen LogP contribution in [0, 0.1) is 0 Å². The molecule has 0 atom stereocenters. The molecule has 0 aliphatic carbocycles. The summed E-state index contributed by atoms with van der Waals surface area (Å²) in [5, 5.41) is 0. The summed E-state index contributed by atoms with van der Waals surface area (Å²) in [6.07, 6.45) is 1.89. The summed E-state index contributed by atoms with van der Waals surface area (Å²) in [6.45, 7) is 2.64. The average Bonchev–Trinajstić information content (AvgIpc) is 1.87. The van der Waals surface area contributed by atoms with E-state index in [1.165, 1.54) is 0 Å². The molecule has 0 unspecified atom stereocenters. The van der Waals surface area contributed by atoms with Crippen LogP contribution in [0.4, 0.5) is 0 Å². The predicted molar refractivity (Wildman–Crippen MR) is 30.2 cm³/mol. The number of hydrogen-bond donors (Lipinski definition) is 1. The molecule has 0 radical (unpaired) electrons. The van der Waals surface area contributed by atoms with Crippen LogP contribution in [0.25, 0.3) is 0 Å². The van der Waals surface area contributed by atoms with E-state index in [1.807, 2.05) is 13.0 Å². The molecule has 1 aliphatic rings. The third-order valence-electron chi connectivity index (χ3n) is 0.905. The lowest BCUT2D eigenvalue weighted by molar-refractivity contribution is 1.14. The van der Waals surface area contributed by atoms with E-state index in [2.05, 4.69) is 4.99 Å². The Labute approximate surface area is 42.7 Å². The largest absolute Gasteiger partial charge is 0.400 e. The summed E-state index contributed by atoms with van der Waals surface area (Å²) in [6, 6.07) is 0. The van der Waals surface area contributed by atoms with Crippen molar-refractivity contribution in [1.82, 2.24) is 0 Å². The van der Waals surface area contributed by atoms with Crippen molar-refractivity contribution >= 4 is 5.71 Å². The Bertz CT molecular complexity index is 133. The maximum Gasteiger partial charge on any atom is 0.0787 e. The minimum Gasteiger partial charge on any atom is -0.400 e. The van der Waals surface area contributed by atoms with Gasteiger partial charge in [0.15, 0.2) is 0 Å². The summed E-state index contributed by atoms with van der Waals surface area (Å²) in [5.74, 6) is 0. The lowest BCUT2D eigenvalue weighted by Crippen LogP contribution is -1.95. The number of nitrogens with two attached hydrogens (primary N) is 1. The molecule has 1 heterocycles. The van der Waals surface area contributed by atoms with Gasteiger partial charge in [0, 0.05) is 11.4 Å². The molecule has 1 rings (SSSR count). The Morgan fingerprint density at radius 3 is 2.71 bits per heavy atom. The molecule has 0 aromatic carbocycles. The van der Waals surface area contributed by atoms with E-state index in [9.17, 15) is 0 Å². The van der Waals surface area contributed by atoms with E-state index in [-0.39, 0.29) is 0 Å². The quantitative estimate of drug-likeness (QED) is 0.463. The van der Waals surface area contributed by atoms with Crippen LogP contribution in [-0.4, -0.2) is 12.3 Å². The molecule has 2 N–H and O–H groups in total. The van der Waals surface area contributed by atoms with E-state index in [4.69, 9.17) is 5.73 Å². The first-order chi connectivity index (χ1) is 3.29. The first kappa shape index (κ1) is 4.37. The first-order valence-electron chi connectivity index (χ1n) is 2.26. The Balaban J connectivity index is 2.69. The molecule has 1 aliphatic heterocycles. The van der Waals surface area contributed by atoms with Crippen molar-refractivity contribution in [2.45, 2.75) is 6.92 Å². The van der Waals surface area contributed by atoms with Gasteiger partial charge >= 0.3 is 0 Å². The zero-order valence-electron chi connectivity index (χ0n) is 4.31. The number of rotatable bonds is 0. The minimum atomic E-state index is 0.700. The molecule has 0 aromatic rings. The molecule has 7 heavy (non-hydrogen) atoms. The van der Waals surface area contributed by atoms with Crippen molar-refractivity contribution < 1.29 is 0 Å². The summed E-state index contributed by atoms with van der Waals surface area (Å²) in [5.41, 5.74) is 7.28. The van der Waals surface area contributed by atoms with Crippen LogP contribution in [0.3, 0.4) is 0 Å². The highest BCUT2D eigenvalue weighted by Crippen LogP contribution is 1.96. The van der Waals surface area contributed by atoms with Crippen LogP contribution < -0.4 is 5.73 Å². The van der Waals surface area contributed by atoms with Gasteiger partial charge in [-0.2, -0.15) is 0 Å². The normalized spacial score (nSPS) is 19.0. The fourth-order valence-corrected chi connectivity index (χ4v) is 0.576. The van der Waals surface area contributed by atoms with Gasteiger partial charge < -0.3 is 5.73 Å². The van der Waals surface area contributed by atoms with Crippen LogP contribution in [0.15, 0.2) is 16.8 Å². The molecule has 38 valence electrons. The zero-order valence-corrected chi connectivity index (χ0v) is 4.31. The van der Waals surface area contributed by atoms with Crippen molar-refractivity contribution in [2.75, 3.05) is 6.54 Å². The smallest absolute Gasteiger partial charge is 0.0787 e. The van der Waals surface area contributed by atoms with E-state index in [0.29, 0.717) is 6.54 Å². The van der Waals surface area contributed by atoms with E-state index in [0.717, 1.165) is 11.4 Å². The Hall–Kier alpha value is -0.790. The van der Waals surface area contributed by atoms with Crippen molar-refractivity contribution in [3.8, 4) is 0 Å². The number of aliphatic imine (C=N–C) groups is 1. The van der Waals surface area contributed by atoms with Gasteiger partial charge in [0.25, 0.3) is 0 Å². The van der Waals surface area contributed by atoms with Gasteiger partial charge in [-0.3, -0.25) is 4.99 Å². The van der Waals surface area contributed by atoms with Gasteiger partial charge in [0.1, 0.15) is 0 Å². The second-order valence-electron chi connectivity index (χ2n) is 1.68. The van der Waals surface area contributed by atoms with Crippen molar-refractivity contribution in [1.29, 1.82) is 0 Å². The summed E-state index contributed by atoms with van der Waals surface area (Å²) >= 11 is 0. The first-order valence-corrected chi connectivity index (χ1v) is 2.26. The summed E-state index contributed by atoms with van der Waals surface area (Å²) < 4.78 is 0. The number of hydrogen-bond acceptors (Lipinski definition) is 2. The molecule has 0 amide bonds. The third-order valence-corrected chi connectivity index (χ3v) is 0.905. The monoisotopic (exact) mass is 96.1 g/mol. The second kappa shape index (κ2) is 1.37. The zero-order chi connectivity index (χ0) is 5.28. The summed E-state index contributed by atoms with van der Waals surface area (Å²) in [7, 11) is 0. The van der Waals surface area contributed by atoms with Crippen LogP contribution in [0.1, 0.15) is 6.92 Å². The van der Waals surface area contributed by atoms with Gasteiger partial charge in [-0.1, -0.05) is 0 Å². The molecule has 2 heteroatoms. The molecule has 0 bridgehead atoms. The molecule has 0 saturated carbocycles. The molecule has 2 nitrogen and oxygen atoms in total. The van der Waals surface area contributed by atoms with Gasteiger partial charge in [-0.25, -0.2) is 0 Å². The van der Waals surface area contributed by atoms with E-state index >= 15 is 0 Å².